The highest BCUT2D eigenvalue weighted by molar-refractivity contribution is 9.09. The molecular formula is C11H12BrN3. The van der Waals surface area contributed by atoms with Gasteiger partial charge in [-0.15, -0.1) is 5.10 Å². The molecule has 0 aliphatic heterocycles. The second kappa shape index (κ2) is 4.57. The lowest BCUT2D eigenvalue weighted by atomic mass is 10.2. The van der Waals surface area contributed by atoms with E-state index in [-0.39, 0.29) is 0 Å². The standard InChI is InChI=1S/C11H12BrN3/c1-9-3-2-4-11(7-9)15-8-10(5-6-12)13-14-15/h2-4,7-8H,5-6H2,1H3. The second-order valence-corrected chi connectivity index (χ2v) is 4.23. The molecule has 4 heteroatoms. The zero-order valence-electron chi connectivity index (χ0n) is 8.52. The number of aromatic nitrogens is 3. The quantitative estimate of drug-likeness (QED) is 0.799. The van der Waals surface area contributed by atoms with Gasteiger partial charge in [0.05, 0.1) is 17.6 Å². The number of hydrogen-bond donors (Lipinski definition) is 0. The lowest BCUT2D eigenvalue weighted by molar-refractivity contribution is 0.797. The Morgan fingerprint density at radius 3 is 3.00 bits per heavy atom. The van der Waals surface area contributed by atoms with E-state index in [1.807, 2.05) is 23.0 Å². The van der Waals surface area contributed by atoms with E-state index >= 15 is 0 Å². The second-order valence-electron chi connectivity index (χ2n) is 3.43. The van der Waals surface area contributed by atoms with Gasteiger partial charge in [0, 0.05) is 11.8 Å². The highest BCUT2D eigenvalue weighted by Gasteiger charge is 2.01. The van der Waals surface area contributed by atoms with Gasteiger partial charge in [-0.2, -0.15) is 0 Å². The summed E-state index contributed by atoms with van der Waals surface area (Å²) >= 11 is 3.39. The van der Waals surface area contributed by atoms with Crippen LogP contribution in [0.3, 0.4) is 0 Å². The molecule has 78 valence electrons. The van der Waals surface area contributed by atoms with Gasteiger partial charge in [0.1, 0.15) is 0 Å². The molecule has 0 spiro atoms. The third kappa shape index (κ3) is 2.45. The van der Waals surface area contributed by atoms with Gasteiger partial charge in [0.2, 0.25) is 0 Å². The van der Waals surface area contributed by atoms with Crippen molar-refractivity contribution in [2.24, 2.45) is 0 Å². The molecule has 2 aromatic rings. The van der Waals surface area contributed by atoms with Gasteiger partial charge in [-0.3, -0.25) is 0 Å². The predicted octanol–water partition coefficient (Wildman–Crippen LogP) is 2.51. The maximum atomic E-state index is 4.09. The molecule has 1 aromatic carbocycles. The van der Waals surface area contributed by atoms with Crippen LogP contribution in [0.25, 0.3) is 5.69 Å². The minimum absolute atomic E-state index is 0.909. The van der Waals surface area contributed by atoms with E-state index in [0.717, 1.165) is 23.1 Å². The van der Waals surface area contributed by atoms with Crippen LogP contribution in [0.15, 0.2) is 30.5 Å². The molecule has 0 fully saturated rings. The topological polar surface area (TPSA) is 30.7 Å². The van der Waals surface area contributed by atoms with E-state index in [9.17, 15) is 0 Å². The zero-order valence-corrected chi connectivity index (χ0v) is 10.1. The lowest BCUT2D eigenvalue weighted by Crippen LogP contribution is -1.94. The van der Waals surface area contributed by atoms with Crippen molar-refractivity contribution < 1.29 is 0 Å². The summed E-state index contributed by atoms with van der Waals surface area (Å²) in [5, 5.41) is 9.10. The molecule has 3 nitrogen and oxygen atoms in total. The molecule has 0 aliphatic carbocycles. The van der Waals surface area contributed by atoms with Gasteiger partial charge in [-0.25, -0.2) is 4.68 Å². The number of nitrogens with zero attached hydrogens (tertiary/aromatic N) is 3. The van der Waals surface area contributed by atoms with Crippen LogP contribution in [-0.4, -0.2) is 20.3 Å². The average Bonchev–Trinajstić information content (AvgIpc) is 2.67. The van der Waals surface area contributed by atoms with Crippen LogP contribution in [-0.2, 0) is 6.42 Å². The van der Waals surface area contributed by atoms with E-state index in [0.29, 0.717) is 0 Å². The Balaban J connectivity index is 2.29. The van der Waals surface area contributed by atoms with Crippen LogP contribution in [0.1, 0.15) is 11.3 Å². The lowest BCUT2D eigenvalue weighted by Gasteiger charge is -2.00. The first-order valence-electron chi connectivity index (χ1n) is 4.84. The van der Waals surface area contributed by atoms with Crippen LogP contribution in [0, 0.1) is 6.92 Å². The Morgan fingerprint density at radius 1 is 1.40 bits per heavy atom. The summed E-state index contributed by atoms with van der Waals surface area (Å²) < 4.78 is 1.81. The van der Waals surface area contributed by atoms with Crippen molar-refractivity contribution in [2.45, 2.75) is 13.3 Å². The number of alkyl halides is 1. The monoisotopic (exact) mass is 265 g/mol. The van der Waals surface area contributed by atoms with Crippen LogP contribution >= 0.6 is 15.9 Å². The van der Waals surface area contributed by atoms with Gasteiger partial charge in [-0.1, -0.05) is 33.3 Å². The highest BCUT2D eigenvalue weighted by atomic mass is 79.9. The molecule has 1 aromatic heterocycles. The van der Waals surface area contributed by atoms with Gasteiger partial charge in [0.25, 0.3) is 0 Å². The fourth-order valence-electron chi connectivity index (χ4n) is 1.41. The molecule has 0 unspecified atom stereocenters. The number of benzene rings is 1. The Morgan fingerprint density at radius 2 is 2.27 bits per heavy atom. The largest absolute Gasteiger partial charge is 0.220 e. The van der Waals surface area contributed by atoms with Crippen molar-refractivity contribution in [1.29, 1.82) is 0 Å². The molecule has 0 amide bonds. The van der Waals surface area contributed by atoms with E-state index < -0.39 is 0 Å². The molecule has 0 saturated heterocycles. The maximum absolute atomic E-state index is 4.09. The number of rotatable bonds is 3. The molecule has 0 radical (unpaired) electrons. The minimum Gasteiger partial charge on any atom is -0.220 e. The fraction of sp³-hybridized carbons (Fsp3) is 0.273. The van der Waals surface area contributed by atoms with E-state index in [1.165, 1.54) is 5.56 Å². The molecule has 0 atom stereocenters. The minimum atomic E-state index is 0.909. The van der Waals surface area contributed by atoms with Crippen molar-refractivity contribution in [3.63, 3.8) is 0 Å². The molecule has 0 aliphatic rings. The van der Waals surface area contributed by atoms with E-state index in [4.69, 9.17) is 0 Å². The van der Waals surface area contributed by atoms with E-state index in [2.05, 4.69) is 45.3 Å². The van der Waals surface area contributed by atoms with Gasteiger partial charge in [0.15, 0.2) is 0 Å². The van der Waals surface area contributed by atoms with Crippen LogP contribution in [0.5, 0.6) is 0 Å². The number of halogens is 1. The summed E-state index contributed by atoms with van der Waals surface area (Å²) in [6.07, 6.45) is 2.88. The Hall–Kier alpha value is -1.16. The first-order chi connectivity index (χ1) is 7.29. The van der Waals surface area contributed by atoms with Gasteiger partial charge >= 0.3 is 0 Å². The van der Waals surface area contributed by atoms with Crippen molar-refractivity contribution >= 4 is 15.9 Å². The highest BCUT2D eigenvalue weighted by Crippen LogP contribution is 2.09. The molecule has 0 bridgehead atoms. The van der Waals surface area contributed by atoms with Gasteiger partial charge < -0.3 is 0 Å². The van der Waals surface area contributed by atoms with E-state index in [1.54, 1.807) is 0 Å². The SMILES string of the molecule is Cc1cccc(-n2cc(CCBr)nn2)c1. The molecular weight excluding hydrogens is 254 g/mol. The molecule has 2 rings (SSSR count). The molecule has 1 heterocycles. The number of aryl methyl sites for hydroxylation is 2. The molecule has 0 N–H and O–H groups in total. The average molecular weight is 266 g/mol. The van der Waals surface area contributed by atoms with Crippen molar-refractivity contribution in [3.8, 4) is 5.69 Å². The number of hydrogen-bond acceptors (Lipinski definition) is 2. The third-order valence-electron chi connectivity index (χ3n) is 2.16. The third-order valence-corrected chi connectivity index (χ3v) is 2.55. The summed E-state index contributed by atoms with van der Waals surface area (Å²) in [7, 11) is 0. The Labute approximate surface area is 97.2 Å². The summed E-state index contributed by atoms with van der Waals surface area (Å²) in [5.74, 6) is 0. The van der Waals surface area contributed by atoms with Crippen molar-refractivity contribution in [1.82, 2.24) is 15.0 Å². The summed E-state index contributed by atoms with van der Waals surface area (Å²) in [6.45, 7) is 2.07. The zero-order chi connectivity index (χ0) is 10.7. The van der Waals surface area contributed by atoms with Crippen molar-refractivity contribution in [3.05, 3.63) is 41.7 Å². The smallest absolute Gasteiger partial charge is 0.0840 e. The normalized spacial score (nSPS) is 10.5. The van der Waals surface area contributed by atoms with Crippen LogP contribution in [0.2, 0.25) is 0 Å². The Kier molecular flexibility index (Phi) is 3.16. The Bertz CT molecular complexity index is 451. The van der Waals surface area contributed by atoms with Crippen molar-refractivity contribution in [2.75, 3.05) is 5.33 Å². The predicted molar refractivity (Wildman–Crippen MR) is 63.6 cm³/mol. The summed E-state index contributed by atoms with van der Waals surface area (Å²) in [5.41, 5.74) is 3.29. The fourth-order valence-corrected chi connectivity index (χ4v) is 1.81. The van der Waals surface area contributed by atoms with Gasteiger partial charge in [-0.05, 0) is 24.6 Å². The van der Waals surface area contributed by atoms with Crippen LogP contribution in [0.4, 0.5) is 0 Å². The summed E-state index contributed by atoms with van der Waals surface area (Å²) in [4.78, 5) is 0. The first kappa shape index (κ1) is 10.4. The maximum Gasteiger partial charge on any atom is 0.0840 e. The first-order valence-corrected chi connectivity index (χ1v) is 5.96. The van der Waals surface area contributed by atoms with Crippen LogP contribution < -0.4 is 0 Å². The summed E-state index contributed by atoms with van der Waals surface area (Å²) in [6, 6.07) is 8.21. The molecule has 15 heavy (non-hydrogen) atoms. The molecule has 0 saturated carbocycles.